The van der Waals surface area contributed by atoms with Gasteiger partial charge in [0.05, 0.1) is 10.2 Å². The van der Waals surface area contributed by atoms with Gasteiger partial charge in [-0.3, -0.25) is 4.79 Å². The average Bonchev–Trinajstić information content (AvgIpc) is 2.39. The minimum absolute atomic E-state index is 0.00255. The molecule has 0 saturated carbocycles. The van der Waals surface area contributed by atoms with E-state index in [2.05, 4.69) is 21.2 Å². The predicted octanol–water partition coefficient (Wildman–Crippen LogP) is 3.39. The minimum Gasteiger partial charge on any atom is -0.504 e. The molecule has 3 N–H and O–H groups in total. The number of anilines is 1. The van der Waals surface area contributed by atoms with E-state index in [0.29, 0.717) is 6.07 Å². The van der Waals surface area contributed by atoms with Crippen molar-refractivity contribution < 1.29 is 23.8 Å². The summed E-state index contributed by atoms with van der Waals surface area (Å²) in [7, 11) is 0. The van der Waals surface area contributed by atoms with Crippen LogP contribution in [0.25, 0.3) is 0 Å². The van der Waals surface area contributed by atoms with Gasteiger partial charge >= 0.3 is 0 Å². The number of phenols is 2. The number of rotatable bonds is 2. The van der Waals surface area contributed by atoms with Crippen LogP contribution < -0.4 is 5.32 Å². The second-order valence-corrected chi connectivity index (χ2v) is 4.76. The van der Waals surface area contributed by atoms with Crippen LogP contribution in [0.4, 0.5) is 14.5 Å². The van der Waals surface area contributed by atoms with E-state index >= 15 is 0 Å². The Hall–Kier alpha value is -2.15. The van der Waals surface area contributed by atoms with Crippen LogP contribution in [0.15, 0.2) is 34.8 Å². The molecule has 0 aliphatic carbocycles. The molecule has 0 saturated heterocycles. The highest BCUT2D eigenvalue weighted by molar-refractivity contribution is 9.10. The molecule has 0 fully saturated rings. The molecular weight excluding hydrogens is 336 g/mol. The average molecular weight is 344 g/mol. The zero-order valence-electron chi connectivity index (χ0n) is 9.82. The first-order valence-corrected chi connectivity index (χ1v) is 6.15. The van der Waals surface area contributed by atoms with Gasteiger partial charge in [0.25, 0.3) is 5.91 Å². The number of benzene rings is 2. The molecule has 0 radical (unpaired) electrons. The van der Waals surface area contributed by atoms with Crippen molar-refractivity contribution in [1.82, 2.24) is 0 Å². The molecule has 0 bridgehead atoms. The van der Waals surface area contributed by atoms with Gasteiger partial charge in [-0.25, -0.2) is 8.78 Å². The third-order valence-electron chi connectivity index (χ3n) is 2.50. The zero-order chi connectivity index (χ0) is 14.9. The molecular formula is C13H8BrF2NO3. The van der Waals surface area contributed by atoms with Gasteiger partial charge in [-0.1, -0.05) is 0 Å². The third kappa shape index (κ3) is 2.88. The summed E-state index contributed by atoms with van der Waals surface area (Å²) in [6.45, 7) is 0. The van der Waals surface area contributed by atoms with Crippen molar-refractivity contribution in [3.05, 3.63) is 52.0 Å². The monoisotopic (exact) mass is 343 g/mol. The Morgan fingerprint density at radius 3 is 2.40 bits per heavy atom. The second-order valence-electron chi connectivity index (χ2n) is 3.90. The van der Waals surface area contributed by atoms with Crippen molar-refractivity contribution in [2.24, 2.45) is 0 Å². The molecule has 0 aliphatic heterocycles. The Morgan fingerprint density at radius 1 is 1.05 bits per heavy atom. The first-order valence-electron chi connectivity index (χ1n) is 5.36. The predicted molar refractivity (Wildman–Crippen MR) is 71.8 cm³/mol. The molecule has 0 atom stereocenters. The number of halogens is 3. The standard InChI is InChI=1S/C13H8BrF2NO3/c14-7-4-10(9(16)5-8(7)15)17-13(20)6-1-2-11(18)12(19)3-6/h1-5,18-19H,(H,17,20). The van der Waals surface area contributed by atoms with Gasteiger partial charge in [-0.2, -0.15) is 0 Å². The van der Waals surface area contributed by atoms with E-state index < -0.39 is 23.3 Å². The number of hydrogen-bond acceptors (Lipinski definition) is 3. The molecule has 0 aromatic heterocycles. The van der Waals surface area contributed by atoms with Crippen LogP contribution in [0, 0.1) is 11.6 Å². The smallest absolute Gasteiger partial charge is 0.255 e. The first kappa shape index (κ1) is 14.3. The maximum Gasteiger partial charge on any atom is 0.255 e. The fourth-order valence-corrected chi connectivity index (χ4v) is 1.82. The molecule has 0 aliphatic rings. The number of phenolic OH excluding ortho intramolecular Hbond substituents is 2. The maximum absolute atomic E-state index is 13.5. The molecule has 2 rings (SSSR count). The highest BCUT2D eigenvalue weighted by Gasteiger charge is 2.13. The molecule has 2 aromatic carbocycles. The van der Waals surface area contributed by atoms with Crippen LogP contribution >= 0.6 is 15.9 Å². The van der Waals surface area contributed by atoms with Crippen LogP contribution in [0.5, 0.6) is 11.5 Å². The van der Waals surface area contributed by atoms with E-state index in [1.54, 1.807) is 0 Å². The number of hydrogen-bond donors (Lipinski definition) is 3. The van der Waals surface area contributed by atoms with Gasteiger partial charge < -0.3 is 15.5 Å². The highest BCUT2D eigenvalue weighted by atomic mass is 79.9. The normalized spacial score (nSPS) is 10.3. The van der Waals surface area contributed by atoms with Crippen LogP contribution in [0.2, 0.25) is 0 Å². The molecule has 0 unspecified atom stereocenters. The number of nitrogens with one attached hydrogen (secondary N) is 1. The zero-order valence-corrected chi connectivity index (χ0v) is 11.4. The Balaban J connectivity index is 2.27. The second kappa shape index (κ2) is 5.46. The van der Waals surface area contributed by atoms with Gasteiger partial charge in [0, 0.05) is 11.6 Å². The lowest BCUT2D eigenvalue weighted by atomic mass is 10.2. The van der Waals surface area contributed by atoms with Crippen LogP contribution in [0.1, 0.15) is 10.4 Å². The molecule has 2 aromatic rings. The summed E-state index contributed by atoms with van der Waals surface area (Å²) in [6.07, 6.45) is 0. The van der Waals surface area contributed by atoms with Crippen molar-refractivity contribution in [3.63, 3.8) is 0 Å². The summed E-state index contributed by atoms with van der Waals surface area (Å²) in [4.78, 5) is 11.8. The largest absolute Gasteiger partial charge is 0.504 e. The third-order valence-corrected chi connectivity index (χ3v) is 3.10. The van der Waals surface area contributed by atoms with E-state index in [9.17, 15) is 18.7 Å². The molecule has 104 valence electrons. The summed E-state index contributed by atoms with van der Waals surface area (Å²) >= 11 is 2.88. The molecule has 1 amide bonds. The van der Waals surface area contributed by atoms with Crippen LogP contribution in [-0.4, -0.2) is 16.1 Å². The molecule has 0 spiro atoms. The Kier molecular flexibility index (Phi) is 3.89. The van der Waals surface area contributed by atoms with E-state index in [1.165, 1.54) is 6.07 Å². The fraction of sp³-hybridized carbons (Fsp3) is 0. The summed E-state index contributed by atoms with van der Waals surface area (Å²) in [6, 6.07) is 5.13. The summed E-state index contributed by atoms with van der Waals surface area (Å²) in [5, 5.41) is 20.7. The van der Waals surface area contributed by atoms with Crippen molar-refractivity contribution in [2.75, 3.05) is 5.32 Å². The Labute approximate surface area is 120 Å². The van der Waals surface area contributed by atoms with E-state index in [1.807, 2.05) is 0 Å². The first-order chi connectivity index (χ1) is 9.38. The SMILES string of the molecule is O=C(Nc1cc(Br)c(F)cc1F)c1ccc(O)c(O)c1. The summed E-state index contributed by atoms with van der Waals surface area (Å²) in [5.41, 5.74) is -0.198. The quantitative estimate of drug-likeness (QED) is 0.578. The number of amides is 1. The molecule has 0 heterocycles. The van der Waals surface area contributed by atoms with Crippen LogP contribution in [-0.2, 0) is 0 Å². The topological polar surface area (TPSA) is 69.6 Å². The molecule has 7 heteroatoms. The summed E-state index contributed by atoms with van der Waals surface area (Å²) < 4.78 is 26.5. The fourth-order valence-electron chi connectivity index (χ4n) is 1.48. The van der Waals surface area contributed by atoms with E-state index in [0.717, 1.165) is 18.2 Å². The van der Waals surface area contributed by atoms with Gasteiger partial charge in [0.1, 0.15) is 11.6 Å². The molecule has 20 heavy (non-hydrogen) atoms. The maximum atomic E-state index is 13.5. The number of carbonyl (C=O) groups is 1. The van der Waals surface area contributed by atoms with E-state index in [4.69, 9.17) is 5.11 Å². The lowest BCUT2D eigenvalue weighted by Gasteiger charge is -2.08. The Bertz CT molecular complexity index is 692. The Morgan fingerprint density at radius 2 is 1.75 bits per heavy atom. The van der Waals surface area contributed by atoms with Crippen molar-refractivity contribution in [1.29, 1.82) is 0 Å². The van der Waals surface area contributed by atoms with Gasteiger partial charge in [0.2, 0.25) is 0 Å². The minimum atomic E-state index is -0.929. The number of carbonyl (C=O) groups excluding carboxylic acids is 1. The van der Waals surface area contributed by atoms with Gasteiger partial charge in [0.15, 0.2) is 11.5 Å². The van der Waals surface area contributed by atoms with Gasteiger partial charge in [-0.05, 0) is 40.2 Å². The lowest BCUT2D eigenvalue weighted by molar-refractivity contribution is 0.102. The molecule has 4 nitrogen and oxygen atoms in total. The van der Waals surface area contributed by atoms with Crippen molar-refractivity contribution in [3.8, 4) is 11.5 Å². The number of aromatic hydroxyl groups is 2. The van der Waals surface area contributed by atoms with E-state index in [-0.39, 0.29) is 21.5 Å². The highest BCUT2D eigenvalue weighted by Crippen LogP contribution is 2.27. The lowest BCUT2D eigenvalue weighted by Crippen LogP contribution is -2.13. The van der Waals surface area contributed by atoms with Crippen LogP contribution in [0.3, 0.4) is 0 Å². The van der Waals surface area contributed by atoms with Crippen molar-refractivity contribution >= 4 is 27.5 Å². The summed E-state index contributed by atoms with van der Waals surface area (Å²) in [5.74, 6) is -3.28. The van der Waals surface area contributed by atoms with Crippen molar-refractivity contribution in [2.45, 2.75) is 0 Å². The van der Waals surface area contributed by atoms with Gasteiger partial charge in [-0.15, -0.1) is 0 Å².